The molecule has 1 aliphatic rings. The minimum atomic E-state index is 0.573. The summed E-state index contributed by atoms with van der Waals surface area (Å²) < 4.78 is 11.3. The van der Waals surface area contributed by atoms with E-state index >= 15 is 0 Å². The molecule has 5 rings (SSSR count). The Kier molecular flexibility index (Phi) is 3.98. The molecule has 0 N–H and O–H groups in total. The van der Waals surface area contributed by atoms with Crippen molar-refractivity contribution in [2.24, 2.45) is 4.99 Å². The van der Waals surface area contributed by atoms with Gasteiger partial charge in [0.05, 0.1) is 25.6 Å². The lowest BCUT2D eigenvalue weighted by Crippen LogP contribution is -1.92. The molecule has 0 radical (unpaired) electrons. The molecule has 3 heterocycles. The summed E-state index contributed by atoms with van der Waals surface area (Å²) in [5, 5.41) is 0. The maximum atomic E-state index is 6.05. The number of oxazole rings is 1. The Bertz CT molecular complexity index is 1220. The smallest absolute Gasteiger partial charge is 0.225 e. The van der Waals surface area contributed by atoms with Crippen LogP contribution in [0.15, 0.2) is 82.5 Å². The normalized spacial score (nSPS) is 13.5. The minimum Gasteiger partial charge on any atom is -0.495 e. The molecular formula is C23H17N3O2. The predicted octanol–water partition coefficient (Wildman–Crippen LogP) is 4.78. The van der Waals surface area contributed by atoms with E-state index in [0.29, 0.717) is 12.4 Å². The molecule has 28 heavy (non-hydrogen) atoms. The van der Waals surface area contributed by atoms with Crippen LogP contribution in [-0.2, 0) is 0 Å². The van der Waals surface area contributed by atoms with Crippen LogP contribution in [0.1, 0.15) is 11.5 Å². The Morgan fingerprint density at radius 2 is 1.82 bits per heavy atom. The van der Waals surface area contributed by atoms with Gasteiger partial charge in [0.15, 0.2) is 5.58 Å². The van der Waals surface area contributed by atoms with Crippen LogP contribution >= 0.6 is 0 Å². The zero-order valence-corrected chi connectivity index (χ0v) is 15.3. The Labute approximate surface area is 162 Å². The van der Waals surface area contributed by atoms with Gasteiger partial charge < -0.3 is 9.15 Å². The Morgan fingerprint density at radius 3 is 2.68 bits per heavy atom. The van der Waals surface area contributed by atoms with Crippen LogP contribution in [0, 0.1) is 0 Å². The number of aromatic nitrogens is 2. The molecule has 0 bridgehead atoms. The summed E-state index contributed by atoms with van der Waals surface area (Å²) in [5.74, 6) is 1.34. The first-order valence-electron chi connectivity index (χ1n) is 9.01. The van der Waals surface area contributed by atoms with Crippen LogP contribution in [0.5, 0.6) is 5.75 Å². The van der Waals surface area contributed by atoms with Crippen LogP contribution in [-0.4, -0.2) is 29.3 Å². The van der Waals surface area contributed by atoms with Crippen LogP contribution in [0.3, 0.4) is 0 Å². The predicted molar refractivity (Wildman–Crippen MR) is 110 cm³/mol. The second-order valence-electron chi connectivity index (χ2n) is 6.55. The van der Waals surface area contributed by atoms with Crippen molar-refractivity contribution in [1.82, 2.24) is 9.97 Å². The average molecular weight is 367 g/mol. The second-order valence-corrected chi connectivity index (χ2v) is 6.55. The molecule has 4 aromatic rings. The third kappa shape index (κ3) is 2.97. The summed E-state index contributed by atoms with van der Waals surface area (Å²) in [6.07, 6.45) is 5.54. The fourth-order valence-electron chi connectivity index (χ4n) is 3.27. The first kappa shape index (κ1) is 16.4. The number of pyridine rings is 1. The third-order valence-corrected chi connectivity index (χ3v) is 4.75. The number of hydrogen-bond acceptors (Lipinski definition) is 5. The highest BCUT2D eigenvalue weighted by Crippen LogP contribution is 2.29. The molecule has 2 aromatic heterocycles. The van der Waals surface area contributed by atoms with E-state index in [4.69, 9.17) is 9.15 Å². The van der Waals surface area contributed by atoms with Crippen LogP contribution < -0.4 is 4.74 Å². The molecular weight excluding hydrogens is 350 g/mol. The van der Waals surface area contributed by atoms with Gasteiger partial charge in [0.2, 0.25) is 5.89 Å². The molecule has 0 saturated heterocycles. The lowest BCUT2D eigenvalue weighted by Gasteiger charge is -2.03. The summed E-state index contributed by atoms with van der Waals surface area (Å²) in [4.78, 5) is 13.5. The van der Waals surface area contributed by atoms with Gasteiger partial charge in [0.1, 0.15) is 11.3 Å². The maximum Gasteiger partial charge on any atom is 0.225 e. The van der Waals surface area contributed by atoms with Gasteiger partial charge in [-0.25, -0.2) is 4.98 Å². The van der Waals surface area contributed by atoms with Crippen molar-refractivity contribution in [1.29, 1.82) is 0 Å². The maximum absolute atomic E-state index is 6.05. The Morgan fingerprint density at radius 1 is 0.929 bits per heavy atom. The molecule has 1 aliphatic heterocycles. The van der Waals surface area contributed by atoms with Gasteiger partial charge >= 0.3 is 0 Å². The van der Waals surface area contributed by atoms with E-state index in [0.717, 1.165) is 44.8 Å². The highest BCUT2D eigenvalue weighted by atomic mass is 16.5. The summed E-state index contributed by atoms with van der Waals surface area (Å²) in [6.45, 7) is 0.573. The van der Waals surface area contributed by atoms with E-state index in [9.17, 15) is 0 Å². The van der Waals surface area contributed by atoms with Crippen molar-refractivity contribution in [2.45, 2.75) is 0 Å². The molecule has 136 valence electrons. The fourth-order valence-corrected chi connectivity index (χ4v) is 3.27. The zero-order valence-electron chi connectivity index (χ0n) is 15.3. The monoisotopic (exact) mass is 367 g/mol. The number of nitrogens with zero attached hydrogens (tertiary/aromatic N) is 3. The molecule has 0 amide bonds. The third-order valence-electron chi connectivity index (χ3n) is 4.75. The number of rotatable bonds is 4. The molecule has 5 nitrogen and oxygen atoms in total. The molecule has 0 fully saturated rings. The number of hydrogen-bond donors (Lipinski definition) is 0. The minimum absolute atomic E-state index is 0.573. The lowest BCUT2D eigenvalue weighted by molar-refractivity contribution is 0.413. The first-order valence-corrected chi connectivity index (χ1v) is 9.01. The fraction of sp³-hybridized carbons (Fsp3) is 0.0870. The SMILES string of the molecule is COc1cncc(-c2ccc3nc(C4=CC(c5ccccc5)=NC4)oc3c2)c1. The summed E-state index contributed by atoms with van der Waals surface area (Å²) in [6, 6.07) is 18.0. The van der Waals surface area contributed by atoms with Gasteiger partial charge in [0, 0.05) is 17.3 Å². The number of aliphatic imine (C=N–C) groups is 1. The van der Waals surface area contributed by atoms with E-state index in [1.807, 2.05) is 48.5 Å². The van der Waals surface area contributed by atoms with Gasteiger partial charge in [0.25, 0.3) is 0 Å². The molecule has 0 aliphatic carbocycles. The number of ether oxygens (including phenoxy) is 1. The van der Waals surface area contributed by atoms with E-state index in [1.165, 1.54) is 0 Å². The van der Waals surface area contributed by atoms with Gasteiger partial charge in [-0.2, -0.15) is 0 Å². The van der Waals surface area contributed by atoms with Gasteiger partial charge in [-0.05, 0) is 35.4 Å². The van der Waals surface area contributed by atoms with Crippen molar-refractivity contribution >= 4 is 22.4 Å². The summed E-state index contributed by atoms with van der Waals surface area (Å²) in [7, 11) is 1.63. The van der Waals surface area contributed by atoms with Crippen molar-refractivity contribution in [2.75, 3.05) is 13.7 Å². The van der Waals surface area contributed by atoms with Gasteiger partial charge in [-0.3, -0.25) is 9.98 Å². The van der Waals surface area contributed by atoms with E-state index < -0.39 is 0 Å². The summed E-state index contributed by atoms with van der Waals surface area (Å²) in [5.41, 5.74) is 6.58. The van der Waals surface area contributed by atoms with Crippen molar-refractivity contribution < 1.29 is 9.15 Å². The molecule has 0 saturated carbocycles. The topological polar surface area (TPSA) is 60.5 Å². The quantitative estimate of drug-likeness (QED) is 0.521. The molecule has 0 unspecified atom stereocenters. The molecule has 5 heteroatoms. The Balaban J connectivity index is 1.48. The average Bonchev–Trinajstić information content (AvgIpc) is 3.41. The lowest BCUT2D eigenvalue weighted by atomic mass is 10.1. The molecule has 0 atom stereocenters. The van der Waals surface area contributed by atoms with Crippen LogP contribution in [0.25, 0.3) is 27.8 Å². The highest BCUT2D eigenvalue weighted by Gasteiger charge is 2.17. The molecule has 0 spiro atoms. The Hall–Kier alpha value is -3.73. The van der Waals surface area contributed by atoms with Crippen molar-refractivity contribution in [3.63, 3.8) is 0 Å². The first-order chi connectivity index (χ1) is 13.8. The van der Waals surface area contributed by atoms with Gasteiger partial charge in [-0.1, -0.05) is 36.4 Å². The van der Waals surface area contributed by atoms with E-state index in [2.05, 4.69) is 27.1 Å². The van der Waals surface area contributed by atoms with Gasteiger partial charge in [-0.15, -0.1) is 0 Å². The number of fused-ring (bicyclic) bond motifs is 1. The van der Waals surface area contributed by atoms with Crippen molar-refractivity contribution in [3.05, 3.63) is 84.5 Å². The standard InChI is InChI=1S/C23H17N3O2/c1-27-19-9-17(12-24-14-19)16-7-8-20-22(11-16)28-23(26-20)18-10-21(25-13-18)15-5-3-2-4-6-15/h2-12,14H,13H2,1H3. The van der Waals surface area contributed by atoms with Crippen molar-refractivity contribution in [3.8, 4) is 16.9 Å². The number of benzene rings is 2. The number of methoxy groups -OCH3 is 1. The number of allylic oxidation sites excluding steroid dienone is 1. The van der Waals surface area contributed by atoms with E-state index in [-0.39, 0.29) is 0 Å². The van der Waals surface area contributed by atoms with Crippen LogP contribution in [0.4, 0.5) is 0 Å². The molecule has 2 aromatic carbocycles. The second kappa shape index (κ2) is 6.78. The zero-order chi connectivity index (χ0) is 18.9. The largest absolute Gasteiger partial charge is 0.495 e. The van der Waals surface area contributed by atoms with E-state index in [1.54, 1.807) is 19.5 Å². The summed E-state index contributed by atoms with van der Waals surface area (Å²) >= 11 is 0. The highest BCUT2D eigenvalue weighted by molar-refractivity contribution is 6.14. The van der Waals surface area contributed by atoms with Crippen LogP contribution in [0.2, 0.25) is 0 Å².